The fourth-order valence-corrected chi connectivity index (χ4v) is 5.95. The molecule has 2 N–H and O–H groups in total. The zero-order chi connectivity index (χ0) is 25.3. The molecule has 0 radical (unpaired) electrons. The Labute approximate surface area is 216 Å². The van der Waals surface area contributed by atoms with Crippen LogP contribution in [0.2, 0.25) is 0 Å². The van der Waals surface area contributed by atoms with E-state index in [1.807, 2.05) is 18.2 Å². The van der Waals surface area contributed by atoms with Gasteiger partial charge in [0.05, 0.1) is 0 Å². The number of ketones is 2. The predicted molar refractivity (Wildman–Crippen MR) is 145 cm³/mol. The third-order valence-electron chi connectivity index (χ3n) is 8.01. The van der Waals surface area contributed by atoms with Crippen molar-refractivity contribution in [3.8, 4) is 5.75 Å². The van der Waals surface area contributed by atoms with Crippen molar-refractivity contribution < 1.29 is 14.3 Å². The second-order valence-electron chi connectivity index (χ2n) is 10.7. The van der Waals surface area contributed by atoms with Crippen molar-refractivity contribution in [3.05, 3.63) is 77.6 Å². The van der Waals surface area contributed by atoms with Gasteiger partial charge in [-0.25, -0.2) is 0 Å². The van der Waals surface area contributed by atoms with Crippen molar-refractivity contribution in [1.82, 2.24) is 0 Å². The number of rotatable bonds is 11. The number of Topliss-reactive ketones (excluding diaryl/α,β-unsaturated/α-hetero) is 2. The van der Waals surface area contributed by atoms with Gasteiger partial charge < -0.3 is 15.3 Å². The van der Waals surface area contributed by atoms with Crippen molar-refractivity contribution in [3.63, 3.8) is 0 Å². The van der Waals surface area contributed by atoms with Crippen LogP contribution in [-0.2, 0) is 16.0 Å². The van der Waals surface area contributed by atoms with Crippen LogP contribution in [0, 0.1) is 23.7 Å². The molecule has 4 rings (SSSR count). The number of carbonyl (C=O) groups excluding carboxylic acids is 2. The van der Waals surface area contributed by atoms with Crippen LogP contribution >= 0.6 is 0 Å². The van der Waals surface area contributed by atoms with E-state index in [1.165, 1.54) is 5.56 Å². The molecule has 0 bridgehead atoms. The summed E-state index contributed by atoms with van der Waals surface area (Å²) < 4.78 is 5.96. The van der Waals surface area contributed by atoms with Crippen molar-refractivity contribution in [2.75, 3.05) is 6.54 Å². The summed E-state index contributed by atoms with van der Waals surface area (Å²) in [4.78, 5) is 25.2. The van der Waals surface area contributed by atoms with Gasteiger partial charge in [0.15, 0.2) is 5.78 Å². The molecule has 0 heterocycles. The van der Waals surface area contributed by atoms with E-state index < -0.39 is 0 Å². The van der Waals surface area contributed by atoms with Crippen molar-refractivity contribution in [2.45, 2.75) is 71.1 Å². The van der Waals surface area contributed by atoms with Crippen LogP contribution in [0.25, 0.3) is 0 Å². The average Bonchev–Trinajstić information content (AvgIpc) is 2.92. The van der Waals surface area contributed by atoms with Crippen molar-refractivity contribution in [2.24, 2.45) is 29.4 Å². The average molecular weight is 488 g/mol. The number of hydrogen-bond acceptors (Lipinski definition) is 4. The molecule has 1 saturated carbocycles. The van der Waals surface area contributed by atoms with Gasteiger partial charge in [0.2, 0.25) is 0 Å². The molecule has 4 nitrogen and oxygen atoms in total. The van der Waals surface area contributed by atoms with Gasteiger partial charge in [0, 0.05) is 24.8 Å². The van der Waals surface area contributed by atoms with Crippen LogP contribution in [0.15, 0.2) is 72.1 Å². The Balaban J connectivity index is 1.29. The minimum atomic E-state index is 0.122. The molecular formula is C32H41NO3. The zero-order valence-corrected chi connectivity index (χ0v) is 21.7. The van der Waals surface area contributed by atoms with Gasteiger partial charge in [-0.2, -0.15) is 0 Å². The first kappa shape index (κ1) is 26.3. The summed E-state index contributed by atoms with van der Waals surface area (Å²) in [7, 11) is 0. The summed E-state index contributed by atoms with van der Waals surface area (Å²) in [6.07, 6.45) is 22.0. The minimum absolute atomic E-state index is 0.122. The highest BCUT2D eigenvalue weighted by Crippen LogP contribution is 2.39. The quantitative estimate of drug-likeness (QED) is 0.354. The monoisotopic (exact) mass is 487 g/mol. The van der Waals surface area contributed by atoms with Gasteiger partial charge in [0.1, 0.15) is 17.3 Å². The maximum absolute atomic E-state index is 13.1. The maximum Gasteiger partial charge on any atom is 0.161 e. The SMILES string of the molecule is CC(=O)CC(CCc1ccc(OC2=CCCC=C2)cc1)C1CCC(C(=O)C2=CC(CN)C=CC2)CC1. The molecule has 1 aromatic carbocycles. The van der Waals surface area contributed by atoms with E-state index in [0.29, 0.717) is 30.6 Å². The van der Waals surface area contributed by atoms with Crippen LogP contribution in [0.1, 0.15) is 70.3 Å². The lowest BCUT2D eigenvalue weighted by molar-refractivity contribution is -0.121. The van der Waals surface area contributed by atoms with E-state index in [0.717, 1.165) is 74.9 Å². The molecule has 3 aliphatic rings. The molecule has 3 aliphatic carbocycles. The molecule has 0 amide bonds. The molecule has 1 aromatic rings. The molecule has 192 valence electrons. The molecule has 2 atom stereocenters. The standard InChI is InChI=1S/C32H41NO3/c1-23(34)20-28(13-10-24-11-18-31(19-12-24)36-30-8-3-2-4-9-30)26-14-16-27(17-15-26)32(35)29-7-5-6-25(21-29)22-33/h3,5-6,8-9,11-12,18-19,21,25-28H,2,4,7,10,13-17,20,22,33H2,1H3. The second kappa shape index (κ2) is 13.0. The summed E-state index contributed by atoms with van der Waals surface area (Å²) >= 11 is 0. The van der Waals surface area contributed by atoms with Gasteiger partial charge in [-0.3, -0.25) is 4.79 Å². The first-order chi connectivity index (χ1) is 17.5. The molecule has 0 aliphatic heterocycles. The zero-order valence-electron chi connectivity index (χ0n) is 21.7. The van der Waals surface area contributed by atoms with Gasteiger partial charge in [-0.1, -0.05) is 36.4 Å². The predicted octanol–water partition coefficient (Wildman–Crippen LogP) is 6.66. The van der Waals surface area contributed by atoms with Gasteiger partial charge >= 0.3 is 0 Å². The Morgan fingerprint density at radius 2 is 1.83 bits per heavy atom. The highest BCUT2D eigenvalue weighted by Gasteiger charge is 2.32. The smallest absolute Gasteiger partial charge is 0.161 e. The number of allylic oxidation sites excluding steroid dienone is 5. The third kappa shape index (κ3) is 7.39. The number of carbonyl (C=O) groups is 2. The molecular weight excluding hydrogens is 446 g/mol. The Morgan fingerprint density at radius 3 is 2.50 bits per heavy atom. The van der Waals surface area contributed by atoms with E-state index in [1.54, 1.807) is 6.92 Å². The lowest BCUT2D eigenvalue weighted by Crippen LogP contribution is -2.28. The molecule has 1 fully saturated rings. The molecule has 4 heteroatoms. The Hall–Kier alpha value is -2.72. The topological polar surface area (TPSA) is 69.4 Å². The molecule has 0 saturated heterocycles. The number of benzene rings is 1. The fourth-order valence-electron chi connectivity index (χ4n) is 5.95. The van der Waals surface area contributed by atoms with E-state index in [-0.39, 0.29) is 17.6 Å². The largest absolute Gasteiger partial charge is 0.458 e. The van der Waals surface area contributed by atoms with Crippen LogP contribution in [0.5, 0.6) is 5.75 Å². The number of nitrogens with two attached hydrogens (primary N) is 1. The summed E-state index contributed by atoms with van der Waals surface area (Å²) in [6, 6.07) is 8.37. The highest BCUT2D eigenvalue weighted by molar-refractivity contribution is 5.97. The first-order valence-electron chi connectivity index (χ1n) is 13.8. The van der Waals surface area contributed by atoms with E-state index in [4.69, 9.17) is 10.5 Å². The Morgan fingerprint density at radius 1 is 1.06 bits per heavy atom. The molecule has 36 heavy (non-hydrogen) atoms. The number of ether oxygens (including phenoxy) is 1. The molecule has 2 unspecified atom stereocenters. The van der Waals surface area contributed by atoms with E-state index >= 15 is 0 Å². The summed E-state index contributed by atoms with van der Waals surface area (Å²) in [6.45, 7) is 2.26. The number of hydrogen-bond donors (Lipinski definition) is 1. The first-order valence-corrected chi connectivity index (χ1v) is 13.8. The summed E-state index contributed by atoms with van der Waals surface area (Å²) in [5.41, 5.74) is 8.03. The van der Waals surface area contributed by atoms with Gasteiger partial charge in [-0.05, 0) is 112 Å². The Bertz CT molecular complexity index is 1020. The van der Waals surface area contributed by atoms with Crippen LogP contribution in [0.4, 0.5) is 0 Å². The fraction of sp³-hybridized carbons (Fsp3) is 0.500. The molecule has 0 aromatic heterocycles. The minimum Gasteiger partial charge on any atom is -0.458 e. The molecule has 0 spiro atoms. The normalized spacial score (nSPS) is 24.6. The van der Waals surface area contributed by atoms with Crippen LogP contribution in [0.3, 0.4) is 0 Å². The summed E-state index contributed by atoms with van der Waals surface area (Å²) in [5, 5.41) is 0. The van der Waals surface area contributed by atoms with E-state index in [9.17, 15) is 9.59 Å². The van der Waals surface area contributed by atoms with Crippen molar-refractivity contribution in [1.29, 1.82) is 0 Å². The maximum atomic E-state index is 13.1. The lowest BCUT2D eigenvalue weighted by atomic mass is 9.70. The Kier molecular flexibility index (Phi) is 9.52. The van der Waals surface area contributed by atoms with Crippen molar-refractivity contribution >= 4 is 11.6 Å². The summed E-state index contributed by atoms with van der Waals surface area (Å²) in [5.74, 6) is 3.58. The third-order valence-corrected chi connectivity index (χ3v) is 8.01. The second-order valence-corrected chi connectivity index (χ2v) is 10.7. The lowest BCUT2D eigenvalue weighted by Gasteiger charge is -2.34. The van der Waals surface area contributed by atoms with E-state index in [2.05, 4.69) is 42.5 Å². The highest BCUT2D eigenvalue weighted by atomic mass is 16.5. The van der Waals surface area contributed by atoms with Gasteiger partial charge in [0.25, 0.3) is 0 Å². The number of aryl methyl sites for hydroxylation is 1. The van der Waals surface area contributed by atoms with Gasteiger partial charge in [-0.15, -0.1) is 0 Å². The van der Waals surface area contributed by atoms with Crippen LogP contribution in [-0.4, -0.2) is 18.1 Å². The van der Waals surface area contributed by atoms with Crippen LogP contribution < -0.4 is 10.5 Å².